The Bertz CT molecular complexity index is 403. The molecule has 1 aromatic rings. The van der Waals surface area contributed by atoms with Crippen molar-refractivity contribution in [3.8, 4) is 0 Å². The van der Waals surface area contributed by atoms with Gasteiger partial charge in [0.05, 0.1) is 5.69 Å². The largest absolute Gasteiger partial charge is 0.382 e. The van der Waals surface area contributed by atoms with Crippen LogP contribution < -0.4 is 10.6 Å². The number of anilines is 1. The third-order valence-corrected chi connectivity index (χ3v) is 4.32. The minimum atomic E-state index is -0.203. The summed E-state index contributed by atoms with van der Waals surface area (Å²) in [4.78, 5) is 0. The number of benzene rings is 1. The number of nitrogens with one attached hydrogen (secondary N) is 2. The standard InChI is InChI=1S/C15H22BrFN2/c1-11(9-13-5-3-2-4-8-18-13)19-15-10-12(17)6-7-14(15)16/h6-7,10-11,13,18-19H,2-5,8-9H2,1H3. The molecule has 1 aromatic carbocycles. The number of hydrogen-bond donors (Lipinski definition) is 2. The highest BCUT2D eigenvalue weighted by atomic mass is 79.9. The highest BCUT2D eigenvalue weighted by Crippen LogP contribution is 2.24. The van der Waals surface area contributed by atoms with Crippen LogP contribution in [0.1, 0.15) is 39.0 Å². The Labute approximate surface area is 123 Å². The predicted molar refractivity (Wildman–Crippen MR) is 82.1 cm³/mol. The number of rotatable bonds is 4. The molecule has 4 heteroatoms. The summed E-state index contributed by atoms with van der Waals surface area (Å²) in [6, 6.07) is 5.66. The second kappa shape index (κ2) is 7.25. The van der Waals surface area contributed by atoms with Crippen molar-refractivity contribution < 1.29 is 4.39 Å². The fourth-order valence-corrected chi connectivity index (χ4v) is 3.02. The third kappa shape index (κ3) is 4.77. The summed E-state index contributed by atoms with van der Waals surface area (Å²) in [6.07, 6.45) is 6.25. The topological polar surface area (TPSA) is 24.1 Å². The second-order valence-corrected chi connectivity index (χ2v) is 6.26. The van der Waals surface area contributed by atoms with E-state index in [0.717, 1.165) is 23.1 Å². The zero-order valence-electron chi connectivity index (χ0n) is 11.4. The van der Waals surface area contributed by atoms with E-state index in [9.17, 15) is 4.39 Å². The summed E-state index contributed by atoms with van der Waals surface area (Å²) < 4.78 is 14.1. The zero-order valence-corrected chi connectivity index (χ0v) is 13.0. The molecule has 2 unspecified atom stereocenters. The molecule has 0 spiro atoms. The van der Waals surface area contributed by atoms with Gasteiger partial charge in [0.25, 0.3) is 0 Å². The van der Waals surface area contributed by atoms with E-state index >= 15 is 0 Å². The fraction of sp³-hybridized carbons (Fsp3) is 0.600. The van der Waals surface area contributed by atoms with E-state index in [1.807, 2.05) is 0 Å². The molecule has 0 aliphatic carbocycles. The van der Waals surface area contributed by atoms with Crippen molar-refractivity contribution in [3.63, 3.8) is 0 Å². The van der Waals surface area contributed by atoms with Crippen LogP contribution >= 0.6 is 15.9 Å². The average Bonchev–Trinajstić information content (AvgIpc) is 2.62. The molecule has 1 saturated heterocycles. The van der Waals surface area contributed by atoms with Crippen LogP contribution in [-0.2, 0) is 0 Å². The molecule has 1 aliphatic heterocycles. The molecule has 1 heterocycles. The van der Waals surface area contributed by atoms with Crippen LogP contribution in [0.15, 0.2) is 22.7 Å². The maximum Gasteiger partial charge on any atom is 0.125 e. The molecule has 1 fully saturated rings. The van der Waals surface area contributed by atoms with Crippen molar-refractivity contribution in [1.82, 2.24) is 5.32 Å². The Morgan fingerprint density at radius 3 is 3.11 bits per heavy atom. The van der Waals surface area contributed by atoms with E-state index in [1.165, 1.54) is 31.7 Å². The molecule has 2 N–H and O–H groups in total. The molecule has 2 rings (SSSR count). The maximum atomic E-state index is 13.2. The summed E-state index contributed by atoms with van der Waals surface area (Å²) in [5, 5.41) is 6.99. The lowest BCUT2D eigenvalue weighted by Crippen LogP contribution is -2.33. The van der Waals surface area contributed by atoms with E-state index in [2.05, 4.69) is 33.5 Å². The van der Waals surface area contributed by atoms with Crippen LogP contribution in [0.4, 0.5) is 10.1 Å². The van der Waals surface area contributed by atoms with Gasteiger partial charge in [0.1, 0.15) is 5.82 Å². The van der Waals surface area contributed by atoms with Crippen LogP contribution in [0.2, 0.25) is 0 Å². The van der Waals surface area contributed by atoms with Crippen LogP contribution in [0, 0.1) is 5.82 Å². The van der Waals surface area contributed by atoms with Crippen molar-refractivity contribution in [2.45, 2.75) is 51.1 Å². The van der Waals surface area contributed by atoms with Crippen LogP contribution in [0.3, 0.4) is 0 Å². The molecule has 0 bridgehead atoms. The molecular formula is C15H22BrFN2. The Morgan fingerprint density at radius 2 is 2.26 bits per heavy atom. The van der Waals surface area contributed by atoms with Gasteiger partial charge in [-0.15, -0.1) is 0 Å². The summed E-state index contributed by atoms with van der Waals surface area (Å²) in [5.74, 6) is -0.203. The normalized spacial score (nSPS) is 21.7. The highest BCUT2D eigenvalue weighted by molar-refractivity contribution is 9.10. The third-order valence-electron chi connectivity index (χ3n) is 3.63. The van der Waals surface area contributed by atoms with Crippen LogP contribution in [0.25, 0.3) is 0 Å². The van der Waals surface area contributed by atoms with Crippen molar-refractivity contribution in [3.05, 3.63) is 28.5 Å². The van der Waals surface area contributed by atoms with Crippen molar-refractivity contribution >= 4 is 21.6 Å². The molecular weight excluding hydrogens is 307 g/mol. The molecule has 2 atom stereocenters. The summed E-state index contributed by atoms with van der Waals surface area (Å²) in [6.45, 7) is 3.28. The van der Waals surface area contributed by atoms with Crippen LogP contribution in [-0.4, -0.2) is 18.6 Å². The number of halogens is 2. The van der Waals surface area contributed by atoms with E-state index in [-0.39, 0.29) is 5.82 Å². The highest BCUT2D eigenvalue weighted by Gasteiger charge is 2.15. The number of hydrogen-bond acceptors (Lipinski definition) is 2. The van der Waals surface area contributed by atoms with Crippen molar-refractivity contribution in [1.29, 1.82) is 0 Å². The van der Waals surface area contributed by atoms with Gasteiger partial charge in [-0.3, -0.25) is 0 Å². The van der Waals surface area contributed by atoms with Gasteiger partial charge in [-0.2, -0.15) is 0 Å². The molecule has 0 aromatic heterocycles. The van der Waals surface area contributed by atoms with Gasteiger partial charge < -0.3 is 10.6 Å². The molecule has 0 amide bonds. The maximum absolute atomic E-state index is 13.2. The first-order chi connectivity index (χ1) is 9.15. The predicted octanol–water partition coefficient (Wildman–Crippen LogP) is 4.31. The summed E-state index contributed by atoms with van der Waals surface area (Å²) >= 11 is 3.45. The lowest BCUT2D eigenvalue weighted by atomic mass is 10.0. The second-order valence-electron chi connectivity index (χ2n) is 5.41. The molecule has 0 radical (unpaired) electrons. The Kier molecular flexibility index (Phi) is 5.64. The van der Waals surface area contributed by atoms with Crippen molar-refractivity contribution in [2.75, 3.05) is 11.9 Å². The van der Waals surface area contributed by atoms with Gasteiger partial charge in [-0.05, 0) is 66.9 Å². The molecule has 1 aliphatic rings. The van der Waals surface area contributed by atoms with Gasteiger partial charge in [-0.1, -0.05) is 12.8 Å². The van der Waals surface area contributed by atoms with E-state index in [0.29, 0.717) is 12.1 Å². The monoisotopic (exact) mass is 328 g/mol. The lowest BCUT2D eigenvalue weighted by molar-refractivity contribution is 0.456. The molecule has 106 valence electrons. The first-order valence-electron chi connectivity index (χ1n) is 7.10. The van der Waals surface area contributed by atoms with Crippen LogP contribution in [0.5, 0.6) is 0 Å². The summed E-state index contributed by atoms with van der Waals surface area (Å²) in [7, 11) is 0. The fourth-order valence-electron chi connectivity index (χ4n) is 2.66. The van der Waals surface area contributed by atoms with E-state index in [1.54, 1.807) is 12.1 Å². The Balaban J connectivity index is 1.89. The smallest absolute Gasteiger partial charge is 0.125 e. The van der Waals surface area contributed by atoms with Crippen molar-refractivity contribution in [2.24, 2.45) is 0 Å². The Morgan fingerprint density at radius 1 is 1.42 bits per heavy atom. The van der Waals surface area contributed by atoms with E-state index < -0.39 is 0 Å². The van der Waals surface area contributed by atoms with E-state index in [4.69, 9.17) is 0 Å². The van der Waals surface area contributed by atoms with Gasteiger partial charge in [0, 0.05) is 16.6 Å². The lowest BCUT2D eigenvalue weighted by Gasteiger charge is -2.22. The minimum absolute atomic E-state index is 0.203. The van der Waals surface area contributed by atoms with Gasteiger partial charge in [0.2, 0.25) is 0 Å². The first-order valence-corrected chi connectivity index (χ1v) is 7.89. The quantitative estimate of drug-likeness (QED) is 0.860. The molecule has 19 heavy (non-hydrogen) atoms. The molecule has 2 nitrogen and oxygen atoms in total. The molecule has 0 saturated carbocycles. The zero-order chi connectivity index (χ0) is 13.7. The van der Waals surface area contributed by atoms with Gasteiger partial charge in [-0.25, -0.2) is 4.39 Å². The SMILES string of the molecule is CC(CC1CCCCCN1)Nc1cc(F)ccc1Br. The Hall–Kier alpha value is -0.610. The summed E-state index contributed by atoms with van der Waals surface area (Å²) in [5.41, 5.74) is 0.834. The van der Waals surface area contributed by atoms with Gasteiger partial charge >= 0.3 is 0 Å². The average molecular weight is 329 g/mol. The van der Waals surface area contributed by atoms with Gasteiger partial charge in [0.15, 0.2) is 0 Å². The first kappa shape index (κ1) is 14.8. The minimum Gasteiger partial charge on any atom is -0.382 e.